The zero-order chi connectivity index (χ0) is 28.2. The summed E-state index contributed by atoms with van der Waals surface area (Å²) in [6.45, 7) is 4.48. The van der Waals surface area contributed by atoms with Crippen molar-refractivity contribution in [3.05, 3.63) is 65.7 Å². The highest BCUT2D eigenvalue weighted by Crippen LogP contribution is 2.32. The van der Waals surface area contributed by atoms with Crippen LogP contribution in [-0.2, 0) is 4.79 Å². The number of anilines is 2. The Bertz CT molecular complexity index is 1320. The quantitative estimate of drug-likeness (QED) is 0.434. The minimum atomic E-state index is -5.01. The lowest BCUT2D eigenvalue weighted by Crippen LogP contribution is -2.47. The van der Waals surface area contributed by atoms with Crippen LogP contribution < -0.4 is 15.4 Å². The lowest BCUT2D eigenvalue weighted by atomic mass is 10.1. The van der Waals surface area contributed by atoms with Crippen LogP contribution in [0.3, 0.4) is 0 Å². The molecule has 2 N–H and O–H groups in total. The van der Waals surface area contributed by atoms with Gasteiger partial charge in [-0.3, -0.25) is 19.5 Å². The van der Waals surface area contributed by atoms with Gasteiger partial charge in [0, 0.05) is 37.3 Å². The van der Waals surface area contributed by atoms with Gasteiger partial charge in [-0.05, 0) is 43.8 Å². The maximum atomic E-state index is 14.2. The second-order valence-corrected chi connectivity index (χ2v) is 9.06. The number of hydrogen-bond donors (Lipinski definition) is 2. The number of likely N-dealkylation sites (N-methyl/N-ethyl adjacent to an activating group) is 1. The van der Waals surface area contributed by atoms with Gasteiger partial charge in [-0.2, -0.15) is 0 Å². The first-order valence-corrected chi connectivity index (χ1v) is 12.0. The molecule has 1 aliphatic rings. The number of ether oxygens (including phenoxy) is 1. The van der Waals surface area contributed by atoms with Crippen molar-refractivity contribution in [3.8, 4) is 17.0 Å². The Labute approximate surface area is 221 Å². The summed E-state index contributed by atoms with van der Waals surface area (Å²) in [5, 5.41) is 4.91. The first-order chi connectivity index (χ1) is 18.5. The molecule has 0 atom stereocenters. The van der Waals surface area contributed by atoms with Crippen molar-refractivity contribution < 1.29 is 31.9 Å². The van der Waals surface area contributed by atoms with E-state index in [2.05, 4.69) is 30.2 Å². The Morgan fingerprint density at radius 1 is 1.03 bits per heavy atom. The average Bonchev–Trinajstić information content (AvgIpc) is 2.86. The SMILES string of the molecule is Cc1cccc(F)c1-c1cnc(NC(=O)c2ccc(OC(F)(F)F)c(NC(=O)CN3CCN(C)CC3)c2)cn1. The fraction of sp³-hybridized carbons (Fsp3) is 0.308. The first kappa shape index (κ1) is 27.9. The number of aryl methyl sites for hydroxylation is 1. The third kappa shape index (κ3) is 7.48. The van der Waals surface area contributed by atoms with Crippen LogP contribution in [0.1, 0.15) is 15.9 Å². The van der Waals surface area contributed by atoms with Crippen molar-refractivity contribution in [2.24, 2.45) is 0 Å². The van der Waals surface area contributed by atoms with E-state index in [1.54, 1.807) is 19.1 Å². The molecule has 0 aliphatic carbocycles. The summed E-state index contributed by atoms with van der Waals surface area (Å²) in [7, 11) is 1.96. The number of amides is 2. The topological polar surface area (TPSA) is 99.7 Å². The van der Waals surface area contributed by atoms with Crippen molar-refractivity contribution >= 4 is 23.3 Å². The van der Waals surface area contributed by atoms with Crippen molar-refractivity contribution in [3.63, 3.8) is 0 Å². The van der Waals surface area contributed by atoms with E-state index in [9.17, 15) is 27.2 Å². The van der Waals surface area contributed by atoms with Crippen LogP contribution >= 0.6 is 0 Å². The molecule has 3 aromatic rings. The summed E-state index contributed by atoms with van der Waals surface area (Å²) in [5.74, 6) is -2.35. The van der Waals surface area contributed by atoms with Gasteiger partial charge in [0.05, 0.1) is 30.3 Å². The third-order valence-electron chi connectivity index (χ3n) is 6.08. The van der Waals surface area contributed by atoms with Crippen LogP contribution in [0.5, 0.6) is 5.75 Å². The Morgan fingerprint density at radius 3 is 2.41 bits per heavy atom. The first-order valence-electron chi connectivity index (χ1n) is 12.0. The maximum Gasteiger partial charge on any atom is 0.573 e. The van der Waals surface area contributed by atoms with Gasteiger partial charge in [-0.25, -0.2) is 9.37 Å². The molecule has 1 fully saturated rings. The molecule has 2 aromatic carbocycles. The number of halogens is 4. The predicted octanol–water partition coefficient (Wildman–Crippen LogP) is 3.93. The van der Waals surface area contributed by atoms with Gasteiger partial charge < -0.3 is 20.3 Å². The maximum absolute atomic E-state index is 14.2. The smallest absolute Gasteiger partial charge is 0.404 e. The summed E-state index contributed by atoms with van der Waals surface area (Å²) >= 11 is 0. The van der Waals surface area contributed by atoms with Crippen LogP contribution in [-0.4, -0.2) is 77.7 Å². The second-order valence-electron chi connectivity index (χ2n) is 9.06. The highest BCUT2D eigenvalue weighted by atomic mass is 19.4. The van der Waals surface area contributed by atoms with Gasteiger partial charge >= 0.3 is 6.36 Å². The van der Waals surface area contributed by atoms with Crippen molar-refractivity contribution in [1.29, 1.82) is 0 Å². The molecular formula is C26H26F4N6O3. The molecule has 2 amide bonds. The summed E-state index contributed by atoms with van der Waals surface area (Å²) in [5.41, 5.74) is 0.831. The van der Waals surface area contributed by atoms with E-state index in [4.69, 9.17) is 0 Å². The number of carbonyl (C=O) groups excluding carboxylic acids is 2. The van der Waals surface area contributed by atoms with Gasteiger partial charge in [-0.1, -0.05) is 12.1 Å². The molecule has 4 rings (SSSR count). The number of alkyl halides is 3. The van der Waals surface area contributed by atoms with Crippen LogP contribution in [0.25, 0.3) is 11.3 Å². The lowest BCUT2D eigenvalue weighted by molar-refractivity contribution is -0.274. The second kappa shape index (κ2) is 11.7. The number of benzene rings is 2. The molecule has 9 nitrogen and oxygen atoms in total. The molecule has 2 heterocycles. The number of carbonyl (C=O) groups is 2. The Balaban J connectivity index is 1.49. The third-order valence-corrected chi connectivity index (χ3v) is 6.08. The normalized spacial score (nSPS) is 14.6. The summed E-state index contributed by atoms with van der Waals surface area (Å²) < 4.78 is 57.1. The predicted molar refractivity (Wildman–Crippen MR) is 136 cm³/mol. The van der Waals surface area contributed by atoms with E-state index < -0.39 is 29.7 Å². The standard InChI is InChI=1S/C26H26F4N6O3/c1-16-4-3-5-18(27)24(16)20-13-32-22(14-31-20)34-25(38)17-6-7-21(39-26(28,29)30)19(12-17)33-23(37)15-36-10-8-35(2)9-11-36/h3-7,12-14H,8-11,15H2,1-2H3,(H,33,37)(H,32,34,38). The van der Waals surface area contributed by atoms with Gasteiger partial charge in [0.1, 0.15) is 5.82 Å². The average molecular weight is 547 g/mol. The number of nitrogens with one attached hydrogen (secondary N) is 2. The van der Waals surface area contributed by atoms with Gasteiger partial charge in [0.2, 0.25) is 5.91 Å². The highest BCUT2D eigenvalue weighted by Gasteiger charge is 2.32. The van der Waals surface area contributed by atoms with Crippen molar-refractivity contribution in [1.82, 2.24) is 19.8 Å². The molecule has 1 saturated heterocycles. The fourth-order valence-corrected chi connectivity index (χ4v) is 4.05. The molecule has 1 aliphatic heterocycles. The minimum Gasteiger partial charge on any atom is -0.404 e. The van der Waals surface area contributed by atoms with E-state index in [0.29, 0.717) is 18.7 Å². The molecule has 0 bridgehead atoms. The Morgan fingerprint density at radius 2 is 1.77 bits per heavy atom. The number of rotatable bonds is 7. The van der Waals surface area contributed by atoms with Crippen LogP contribution in [0.4, 0.5) is 29.1 Å². The van der Waals surface area contributed by atoms with Gasteiger partial charge in [0.25, 0.3) is 5.91 Å². The monoisotopic (exact) mass is 546 g/mol. The molecule has 39 heavy (non-hydrogen) atoms. The molecule has 13 heteroatoms. The van der Waals surface area contributed by atoms with E-state index in [1.807, 2.05) is 11.9 Å². The van der Waals surface area contributed by atoms with Crippen molar-refractivity contribution in [2.45, 2.75) is 13.3 Å². The Kier molecular flexibility index (Phi) is 8.41. The van der Waals surface area contributed by atoms with E-state index in [0.717, 1.165) is 31.3 Å². The molecule has 0 spiro atoms. The minimum absolute atomic E-state index is 0.0286. The van der Waals surface area contributed by atoms with E-state index >= 15 is 0 Å². The summed E-state index contributed by atoms with van der Waals surface area (Å²) in [6.07, 6.45) is -2.47. The summed E-state index contributed by atoms with van der Waals surface area (Å²) in [6, 6.07) is 7.75. The largest absolute Gasteiger partial charge is 0.573 e. The molecule has 206 valence electrons. The number of hydrogen-bond acceptors (Lipinski definition) is 7. The molecule has 0 unspecified atom stereocenters. The number of aromatic nitrogens is 2. The zero-order valence-electron chi connectivity index (χ0n) is 21.2. The molecule has 1 aromatic heterocycles. The van der Waals surface area contributed by atoms with E-state index in [1.165, 1.54) is 18.5 Å². The van der Waals surface area contributed by atoms with Crippen molar-refractivity contribution in [2.75, 3.05) is 50.4 Å². The highest BCUT2D eigenvalue weighted by molar-refractivity contribution is 6.05. The molecule has 0 radical (unpaired) electrons. The van der Waals surface area contributed by atoms with E-state index in [-0.39, 0.29) is 34.9 Å². The Hall–Kier alpha value is -4.10. The van der Waals surface area contributed by atoms with Gasteiger partial charge in [-0.15, -0.1) is 13.2 Å². The van der Waals surface area contributed by atoms with Gasteiger partial charge in [0.15, 0.2) is 11.6 Å². The number of nitrogens with zero attached hydrogens (tertiary/aromatic N) is 4. The van der Waals surface area contributed by atoms with Crippen LogP contribution in [0.2, 0.25) is 0 Å². The lowest BCUT2D eigenvalue weighted by Gasteiger charge is -2.31. The van der Waals surface area contributed by atoms with Crippen LogP contribution in [0.15, 0.2) is 48.8 Å². The fourth-order valence-electron chi connectivity index (χ4n) is 4.05. The van der Waals surface area contributed by atoms with Crippen LogP contribution in [0, 0.1) is 12.7 Å². The molecular weight excluding hydrogens is 520 g/mol. The number of piperazine rings is 1. The molecule has 0 saturated carbocycles. The summed E-state index contributed by atoms with van der Waals surface area (Å²) in [4.78, 5) is 37.7. The zero-order valence-corrected chi connectivity index (χ0v) is 21.2.